The van der Waals surface area contributed by atoms with E-state index in [1.165, 1.54) is 25.7 Å². The lowest BCUT2D eigenvalue weighted by Gasteiger charge is -2.31. The summed E-state index contributed by atoms with van der Waals surface area (Å²) in [6.45, 7) is 4.44. The van der Waals surface area contributed by atoms with Crippen LogP contribution in [0.15, 0.2) is 0 Å². The van der Waals surface area contributed by atoms with Crippen LogP contribution in [0.1, 0.15) is 46.0 Å². The van der Waals surface area contributed by atoms with Gasteiger partial charge in [-0.2, -0.15) is 0 Å². The Balaban J connectivity index is 2.31. The molecule has 0 amide bonds. The van der Waals surface area contributed by atoms with Gasteiger partial charge in [-0.05, 0) is 31.1 Å². The molecule has 1 heteroatoms. The quantitative estimate of drug-likeness (QED) is 0.651. The van der Waals surface area contributed by atoms with E-state index in [-0.39, 0.29) is 6.10 Å². The Labute approximate surface area is 69.8 Å². The van der Waals surface area contributed by atoms with Gasteiger partial charge in [-0.3, -0.25) is 0 Å². The van der Waals surface area contributed by atoms with Crippen molar-refractivity contribution in [1.29, 1.82) is 0 Å². The SMILES string of the molecule is CCC[C@H]1CC[C@H](C)CC1O. The molecule has 0 heterocycles. The summed E-state index contributed by atoms with van der Waals surface area (Å²) in [7, 11) is 0. The van der Waals surface area contributed by atoms with E-state index in [1.807, 2.05) is 0 Å². The van der Waals surface area contributed by atoms with Crippen molar-refractivity contribution in [2.45, 2.75) is 52.1 Å². The van der Waals surface area contributed by atoms with Gasteiger partial charge in [0.2, 0.25) is 0 Å². The lowest BCUT2D eigenvalue weighted by atomic mass is 9.79. The van der Waals surface area contributed by atoms with Gasteiger partial charge in [-0.15, -0.1) is 0 Å². The Kier molecular flexibility index (Phi) is 3.38. The molecule has 1 rings (SSSR count). The average Bonchev–Trinajstić information content (AvgIpc) is 1.95. The number of hydrogen-bond acceptors (Lipinski definition) is 1. The Hall–Kier alpha value is -0.0400. The van der Waals surface area contributed by atoms with Crippen molar-refractivity contribution in [1.82, 2.24) is 0 Å². The van der Waals surface area contributed by atoms with E-state index in [4.69, 9.17) is 0 Å². The van der Waals surface area contributed by atoms with Crippen molar-refractivity contribution in [2.24, 2.45) is 11.8 Å². The van der Waals surface area contributed by atoms with Crippen LogP contribution in [0.3, 0.4) is 0 Å². The molecule has 1 saturated carbocycles. The number of hydrogen-bond donors (Lipinski definition) is 1. The van der Waals surface area contributed by atoms with Crippen molar-refractivity contribution in [3.63, 3.8) is 0 Å². The second-order valence-corrected chi connectivity index (χ2v) is 4.03. The highest BCUT2D eigenvalue weighted by Crippen LogP contribution is 2.31. The minimum atomic E-state index is -0.00120. The van der Waals surface area contributed by atoms with Gasteiger partial charge in [0.05, 0.1) is 6.10 Å². The first-order valence-electron chi connectivity index (χ1n) is 4.92. The van der Waals surface area contributed by atoms with Crippen LogP contribution in [-0.2, 0) is 0 Å². The van der Waals surface area contributed by atoms with Crippen molar-refractivity contribution >= 4 is 0 Å². The summed E-state index contributed by atoms with van der Waals surface area (Å²) in [4.78, 5) is 0. The Bertz CT molecular complexity index is 111. The summed E-state index contributed by atoms with van der Waals surface area (Å²) in [5, 5.41) is 9.67. The van der Waals surface area contributed by atoms with Crippen LogP contribution in [0.4, 0.5) is 0 Å². The zero-order valence-electron chi connectivity index (χ0n) is 7.71. The molecular weight excluding hydrogens is 136 g/mol. The maximum Gasteiger partial charge on any atom is 0.0570 e. The predicted octanol–water partition coefficient (Wildman–Crippen LogP) is 2.58. The van der Waals surface area contributed by atoms with Crippen LogP contribution in [0.5, 0.6) is 0 Å². The van der Waals surface area contributed by atoms with Crippen LogP contribution in [0.2, 0.25) is 0 Å². The van der Waals surface area contributed by atoms with Gasteiger partial charge >= 0.3 is 0 Å². The molecule has 1 unspecified atom stereocenters. The molecule has 11 heavy (non-hydrogen) atoms. The Morgan fingerprint density at radius 2 is 2.09 bits per heavy atom. The standard InChI is InChI=1S/C10H20O/c1-3-4-9-6-5-8(2)7-10(9)11/h8-11H,3-7H2,1-2H3/t8-,9-,10?/m0/s1. The maximum atomic E-state index is 9.67. The first-order valence-corrected chi connectivity index (χ1v) is 4.92. The minimum absolute atomic E-state index is 0.00120. The molecule has 0 saturated heterocycles. The third kappa shape index (κ3) is 2.48. The zero-order valence-corrected chi connectivity index (χ0v) is 7.71. The first kappa shape index (κ1) is 9.05. The molecule has 1 N–H and O–H groups in total. The van der Waals surface area contributed by atoms with Gasteiger partial charge in [0.15, 0.2) is 0 Å². The van der Waals surface area contributed by atoms with Crippen LogP contribution in [0.25, 0.3) is 0 Å². The van der Waals surface area contributed by atoms with Gasteiger partial charge < -0.3 is 5.11 Å². The second kappa shape index (κ2) is 4.10. The molecule has 0 bridgehead atoms. The van der Waals surface area contributed by atoms with Crippen LogP contribution < -0.4 is 0 Å². The summed E-state index contributed by atoms with van der Waals surface area (Å²) in [5.74, 6) is 1.36. The van der Waals surface area contributed by atoms with Crippen molar-refractivity contribution in [3.05, 3.63) is 0 Å². The Morgan fingerprint density at radius 1 is 1.36 bits per heavy atom. The third-order valence-electron chi connectivity index (χ3n) is 2.88. The molecule has 1 aliphatic rings. The molecule has 0 aromatic heterocycles. The highest BCUT2D eigenvalue weighted by Gasteiger charge is 2.25. The molecule has 0 radical (unpaired) electrons. The summed E-state index contributed by atoms with van der Waals surface area (Å²) in [6, 6.07) is 0. The normalized spacial score (nSPS) is 39.0. The zero-order chi connectivity index (χ0) is 8.27. The van der Waals surface area contributed by atoms with E-state index in [2.05, 4.69) is 13.8 Å². The summed E-state index contributed by atoms with van der Waals surface area (Å²) < 4.78 is 0. The molecular formula is C10H20O. The third-order valence-corrected chi connectivity index (χ3v) is 2.88. The fraction of sp³-hybridized carbons (Fsp3) is 1.00. The minimum Gasteiger partial charge on any atom is -0.393 e. The highest BCUT2D eigenvalue weighted by molar-refractivity contribution is 4.77. The molecule has 0 aliphatic heterocycles. The molecule has 66 valence electrons. The predicted molar refractivity (Wildman–Crippen MR) is 47.4 cm³/mol. The van der Waals surface area contributed by atoms with Crippen LogP contribution >= 0.6 is 0 Å². The lowest BCUT2D eigenvalue weighted by molar-refractivity contribution is 0.0444. The van der Waals surface area contributed by atoms with E-state index < -0.39 is 0 Å². The lowest BCUT2D eigenvalue weighted by Crippen LogP contribution is -2.28. The summed E-state index contributed by atoms with van der Waals surface area (Å²) >= 11 is 0. The van der Waals surface area contributed by atoms with Gasteiger partial charge in [0.25, 0.3) is 0 Å². The van der Waals surface area contributed by atoms with Gasteiger partial charge in [-0.25, -0.2) is 0 Å². The molecule has 1 aliphatic carbocycles. The first-order chi connectivity index (χ1) is 5.24. The van der Waals surface area contributed by atoms with Gasteiger partial charge in [0.1, 0.15) is 0 Å². The molecule has 3 atom stereocenters. The summed E-state index contributed by atoms with van der Waals surface area (Å²) in [6.07, 6.45) is 6.03. The Morgan fingerprint density at radius 3 is 2.64 bits per heavy atom. The smallest absolute Gasteiger partial charge is 0.0570 e. The molecule has 1 nitrogen and oxygen atoms in total. The van der Waals surface area contributed by atoms with Crippen LogP contribution in [0, 0.1) is 11.8 Å². The number of aliphatic hydroxyl groups is 1. The van der Waals surface area contributed by atoms with Crippen LogP contribution in [-0.4, -0.2) is 11.2 Å². The fourth-order valence-corrected chi connectivity index (χ4v) is 2.12. The van der Waals surface area contributed by atoms with Crippen molar-refractivity contribution in [3.8, 4) is 0 Å². The monoisotopic (exact) mass is 156 g/mol. The van der Waals surface area contributed by atoms with Gasteiger partial charge in [-0.1, -0.05) is 26.7 Å². The number of aliphatic hydroxyl groups excluding tert-OH is 1. The average molecular weight is 156 g/mol. The van der Waals surface area contributed by atoms with Crippen molar-refractivity contribution < 1.29 is 5.11 Å². The van der Waals surface area contributed by atoms with E-state index in [0.717, 1.165) is 12.3 Å². The van der Waals surface area contributed by atoms with Crippen molar-refractivity contribution in [2.75, 3.05) is 0 Å². The van der Waals surface area contributed by atoms with Gasteiger partial charge in [0, 0.05) is 0 Å². The van der Waals surface area contributed by atoms with E-state index >= 15 is 0 Å². The topological polar surface area (TPSA) is 20.2 Å². The van der Waals surface area contributed by atoms with E-state index in [0.29, 0.717) is 5.92 Å². The molecule has 0 aromatic rings. The summed E-state index contributed by atoms with van der Waals surface area (Å²) in [5.41, 5.74) is 0. The molecule has 1 fully saturated rings. The number of rotatable bonds is 2. The van der Waals surface area contributed by atoms with E-state index in [9.17, 15) is 5.11 Å². The molecule has 0 spiro atoms. The maximum absolute atomic E-state index is 9.67. The van der Waals surface area contributed by atoms with E-state index in [1.54, 1.807) is 0 Å². The second-order valence-electron chi connectivity index (χ2n) is 4.03. The molecule has 0 aromatic carbocycles. The highest BCUT2D eigenvalue weighted by atomic mass is 16.3. The fourth-order valence-electron chi connectivity index (χ4n) is 2.12. The largest absolute Gasteiger partial charge is 0.393 e.